The van der Waals surface area contributed by atoms with Crippen molar-refractivity contribution in [3.8, 4) is 0 Å². The average molecular weight is 281 g/mol. The van der Waals surface area contributed by atoms with Crippen molar-refractivity contribution < 1.29 is 4.74 Å². The van der Waals surface area contributed by atoms with Gasteiger partial charge in [-0.05, 0) is 31.9 Å². The van der Waals surface area contributed by atoms with Crippen LogP contribution in [0.2, 0.25) is 0 Å². The van der Waals surface area contributed by atoms with Crippen molar-refractivity contribution in [1.82, 2.24) is 9.55 Å². The van der Waals surface area contributed by atoms with E-state index in [0.29, 0.717) is 5.88 Å². The summed E-state index contributed by atoms with van der Waals surface area (Å²) in [6.07, 6.45) is 1.81. The third-order valence-electron chi connectivity index (χ3n) is 3.25. The Labute approximate surface area is 119 Å². The van der Waals surface area contributed by atoms with Crippen molar-refractivity contribution in [2.75, 3.05) is 19.1 Å². The van der Waals surface area contributed by atoms with E-state index in [1.807, 2.05) is 6.92 Å². The van der Waals surface area contributed by atoms with E-state index in [9.17, 15) is 0 Å². The number of hydrogen-bond donors (Lipinski definition) is 0. The molecule has 19 heavy (non-hydrogen) atoms. The zero-order chi connectivity index (χ0) is 13.7. The minimum Gasteiger partial charge on any atom is -0.382 e. The van der Waals surface area contributed by atoms with E-state index >= 15 is 0 Å². The van der Waals surface area contributed by atoms with E-state index < -0.39 is 0 Å². The number of benzene rings is 1. The van der Waals surface area contributed by atoms with E-state index in [-0.39, 0.29) is 0 Å². The standard InChI is InChI=1S/C15H21ClN2O/c1-3-19-11-5-10-18-13-7-4-6-12(2)15(13)17-14(18)8-9-16/h4,6-7H,3,5,8-11H2,1-2H3. The van der Waals surface area contributed by atoms with Crippen LogP contribution in [0, 0.1) is 6.92 Å². The second kappa shape index (κ2) is 6.92. The molecule has 0 spiro atoms. The highest BCUT2D eigenvalue weighted by Crippen LogP contribution is 2.20. The van der Waals surface area contributed by atoms with E-state index in [2.05, 4.69) is 29.7 Å². The van der Waals surface area contributed by atoms with Crippen LogP contribution < -0.4 is 0 Å². The predicted molar refractivity (Wildman–Crippen MR) is 80.0 cm³/mol. The topological polar surface area (TPSA) is 27.1 Å². The van der Waals surface area contributed by atoms with Gasteiger partial charge >= 0.3 is 0 Å². The van der Waals surface area contributed by atoms with Crippen LogP contribution in [-0.2, 0) is 17.7 Å². The van der Waals surface area contributed by atoms with Crippen molar-refractivity contribution in [3.05, 3.63) is 29.6 Å². The van der Waals surface area contributed by atoms with Crippen molar-refractivity contribution in [2.24, 2.45) is 0 Å². The van der Waals surface area contributed by atoms with Gasteiger partial charge in [0.25, 0.3) is 0 Å². The van der Waals surface area contributed by atoms with Gasteiger partial charge in [-0.2, -0.15) is 0 Å². The molecule has 0 amide bonds. The minimum atomic E-state index is 0.605. The van der Waals surface area contributed by atoms with E-state index in [0.717, 1.165) is 43.9 Å². The molecule has 0 fully saturated rings. The molecule has 104 valence electrons. The molecule has 0 N–H and O–H groups in total. The molecule has 0 radical (unpaired) electrons. The lowest BCUT2D eigenvalue weighted by molar-refractivity contribution is 0.141. The lowest BCUT2D eigenvalue weighted by Crippen LogP contribution is -2.07. The van der Waals surface area contributed by atoms with Gasteiger partial charge in [-0.25, -0.2) is 4.98 Å². The Morgan fingerprint density at radius 1 is 1.37 bits per heavy atom. The summed E-state index contributed by atoms with van der Waals surface area (Å²) in [6, 6.07) is 6.32. The van der Waals surface area contributed by atoms with Crippen LogP contribution in [0.25, 0.3) is 11.0 Å². The Balaban J connectivity index is 2.27. The summed E-state index contributed by atoms with van der Waals surface area (Å²) in [5.74, 6) is 1.68. The summed E-state index contributed by atoms with van der Waals surface area (Å²) >= 11 is 5.88. The zero-order valence-corrected chi connectivity index (χ0v) is 12.4. The molecule has 0 aliphatic carbocycles. The van der Waals surface area contributed by atoms with Gasteiger partial charge in [-0.15, -0.1) is 11.6 Å². The number of imidazole rings is 1. The summed E-state index contributed by atoms with van der Waals surface area (Å²) in [6.45, 7) is 6.63. The molecule has 3 nitrogen and oxygen atoms in total. The van der Waals surface area contributed by atoms with Gasteiger partial charge < -0.3 is 9.30 Å². The summed E-state index contributed by atoms with van der Waals surface area (Å²) in [7, 11) is 0. The van der Waals surface area contributed by atoms with Gasteiger partial charge in [0.1, 0.15) is 5.82 Å². The molecule has 0 unspecified atom stereocenters. The molecule has 1 aromatic carbocycles. The molecule has 0 atom stereocenters. The maximum atomic E-state index is 5.88. The number of halogens is 1. The quantitative estimate of drug-likeness (QED) is 0.573. The van der Waals surface area contributed by atoms with Crippen LogP contribution in [0.15, 0.2) is 18.2 Å². The number of alkyl halides is 1. The van der Waals surface area contributed by atoms with Gasteiger partial charge in [0.05, 0.1) is 11.0 Å². The first-order valence-electron chi connectivity index (χ1n) is 6.86. The highest BCUT2D eigenvalue weighted by molar-refractivity contribution is 6.17. The van der Waals surface area contributed by atoms with E-state index in [1.54, 1.807) is 0 Å². The van der Waals surface area contributed by atoms with Crippen LogP contribution >= 0.6 is 11.6 Å². The van der Waals surface area contributed by atoms with Crippen LogP contribution in [0.1, 0.15) is 24.7 Å². The molecular formula is C15H21ClN2O. The normalized spacial score (nSPS) is 11.3. The summed E-state index contributed by atoms with van der Waals surface area (Å²) < 4.78 is 7.69. The number of nitrogens with zero attached hydrogens (tertiary/aromatic N) is 2. The lowest BCUT2D eigenvalue weighted by atomic mass is 10.2. The first-order valence-corrected chi connectivity index (χ1v) is 7.39. The Kier molecular flexibility index (Phi) is 5.23. The van der Waals surface area contributed by atoms with Gasteiger partial charge in [-0.3, -0.25) is 0 Å². The first-order chi connectivity index (χ1) is 9.27. The first kappa shape index (κ1) is 14.4. The number of hydrogen-bond acceptors (Lipinski definition) is 2. The molecule has 0 saturated heterocycles. The third-order valence-corrected chi connectivity index (χ3v) is 3.44. The second-order valence-electron chi connectivity index (χ2n) is 4.61. The summed E-state index contributed by atoms with van der Waals surface area (Å²) in [5.41, 5.74) is 3.52. The van der Waals surface area contributed by atoms with Crippen LogP contribution in [0.4, 0.5) is 0 Å². The molecule has 2 aromatic rings. The number of rotatable bonds is 7. The second-order valence-corrected chi connectivity index (χ2v) is 4.99. The molecule has 0 aliphatic rings. The molecule has 0 saturated carbocycles. The van der Waals surface area contributed by atoms with E-state index in [1.165, 1.54) is 11.1 Å². The average Bonchev–Trinajstić information content (AvgIpc) is 2.75. The van der Waals surface area contributed by atoms with E-state index in [4.69, 9.17) is 21.3 Å². The van der Waals surface area contributed by atoms with Gasteiger partial charge in [-0.1, -0.05) is 12.1 Å². The number of aryl methyl sites for hydroxylation is 3. The monoisotopic (exact) mass is 280 g/mol. The van der Waals surface area contributed by atoms with Crippen LogP contribution in [-0.4, -0.2) is 28.6 Å². The fourth-order valence-corrected chi connectivity index (χ4v) is 2.50. The van der Waals surface area contributed by atoms with Crippen molar-refractivity contribution in [3.63, 3.8) is 0 Å². The molecular weight excluding hydrogens is 260 g/mol. The number of para-hydroxylation sites is 1. The summed E-state index contributed by atoms with van der Waals surface area (Å²) in [5, 5.41) is 0. The van der Waals surface area contributed by atoms with Crippen molar-refractivity contribution in [2.45, 2.75) is 33.2 Å². The summed E-state index contributed by atoms with van der Waals surface area (Å²) in [4.78, 5) is 4.74. The fourth-order valence-electron chi connectivity index (χ4n) is 2.33. The SMILES string of the molecule is CCOCCCn1c(CCCl)nc2c(C)cccc21. The smallest absolute Gasteiger partial charge is 0.111 e. The zero-order valence-electron chi connectivity index (χ0n) is 11.7. The molecule has 0 aliphatic heterocycles. The Morgan fingerprint density at radius 2 is 2.21 bits per heavy atom. The maximum Gasteiger partial charge on any atom is 0.111 e. The molecule has 2 rings (SSSR count). The Bertz CT molecular complexity index is 536. The number of fused-ring (bicyclic) bond motifs is 1. The highest BCUT2D eigenvalue weighted by Gasteiger charge is 2.11. The van der Waals surface area contributed by atoms with Crippen LogP contribution in [0.3, 0.4) is 0 Å². The molecule has 0 bridgehead atoms. The largest absolute Gasteiger partial charge is 0.382 e. The van der Waals surface area contributed by atoms with Gasteiger partial charge in [0, 0.05) is 32.1 Å². The maximum absolute atomic E-state index is 5.88. The van der Waals surface area contributed by atoms with Crippen LogP contribution in [0.5, 0.6) is 0 Å². The Morgan fingerprint density at radius 3 is 2.95 bits per heavy atom. The fraction of sp³-hybridized carbons (Fsp3) is 0.533. The lowest BCUT2D eigenvalue weighted by Gasteiger charge is -2.08. The van der Waals surface area contributed by atoms with Crippen molar-refractivity contribution in [1.29, 1.82) is 0 Å². The van der Waals surface area contributed by atoms with Gasteiger partial charge in [0.15, 0.2) is 0 Å². The van der Waals surface area contributed by atoms with Gasteiger partial charge in [0.2, 0.25) is 0 Å². The Hall–Kier alpha value is -1.06. The van der Waals surface area contributed by atoms with Crippen molar-refractivity contribution >= 4 is 22.6 Å². The highest BCUT2D eigenvalue weighted by atomic mass is 35.5. The molecule has 1 aromatic heterocycles. The molecule has 4 heteroatoms. The number of aromatic nitrogens is 2. The minimum absolute atomic E-state index is 0.605. The predicted octanol–water partition coefficient (Wildman–Crippen LogP) is 3.55. The molecule has 1 heterocycles. The number of ether oxygens (including phenoxy) is 1. The third kappa shape index (κ3) is 3.28.